The molecular formula is C29H45F3O5. The maximum atomic E-state index is 12.2. The summed E-state index contributed by atoms with van der Waals surface area (Å²) in [6.45, 7) is 2.60. The van der Waals surface area contributed by atoms with Crippen molar-refractivity contribution in [1.29, 1.82) is 0 Å². The van der Waals surface area contributed by atoms with Gasteiger partial charge in [-0.05, 0) is 30.5 Å². The molecule has 1 aromatic rings. The summed E-state index contributed by atoms with van der Waals surface area (Å²) < 4.78 is 50.6. The minimum atomic E-state index is -4.75. The van der Waals surface area contributed by atoms with Crippen LogP contribution in [-0.2, 0) is 25.7 Å². The third-order valence-electron chi connectivity index (χ3n) is 6.08. The van der Waals surface area contributed by atoms with Crippen LogP contribution in [0.2, 0.25) is 0 Å². The number of unbranched alkanes of at least 4 members (excludes halogenated alkanes) is 13. The molecule has 0 saturated carbocycles. The van der Waals surface area contributed by atoms with Gasteiger partial charge in [0.2, 0.25) is 0 Å². The average molecular weight is 531 g/mol. The summed E-state index contributed by atoms with van der Waals surface area (Å²) >= 11 is 0. The molecule has 0 amide bonds. The Hall–Kier alpha value is -2.25. The lowest BCUT2D eigenvalue weighted by atomic mass is 10.0. The Bertz CT molecular complexity index is 719. The largest absolute Gasteiger partial charge is 0.573 e. The molecule has 0 bridgehead atoms. The Labute approximate surface area is 220 Å². The van der Waals surface area contributed by atoms with Crippen LogP contribution in [0.1, 0.15) is 122 Å². The Morgan fingerprint density at radius 1 is 0.649 bits per heavy atom. The van der Waals surface area contributed by atoms with Crippen molar-refractivity contribution in [3.63, 3.8) is 0 Å². The van der Waals surface area contributed by atoms with E-state index in [2.05, 4.69) is 11.7 Å². The van der Waals surface area contributed by atoms with Crippen molar-refractivity contribution in [3.8, 4) is 5.75 Å². The fourth-order valence-corrected chi connectivity index (χ4v) is 3.96. The molecule has 212 valence electrons. The molecule has 8 heteroatoms. The number of benzene rings is 1. The first-order valence-electron chi connectivity index (χ1n) is 14.0. The number of carbonyl (C=O) groups is 2. The molecule has 0 aliphatic carbocycles. The molecule has 0 saturated heterocycles. The number of hydrogen-bond donors (Lipinski definition) is 0. The molecule has 0 atom stereocenters. The minimum absolute atomic E-state index is 0.0608. The molecule has 0 aliphatic heterocycles. The molecule has 0 heterocycles. The van der Waals surface area contributed by atoms with Gasteiger partial charge in [0, 0.05) is 12.8 Å². The number of ether oxygens (including phenoxy) is 3. The van der Waals surface area contributed by atoms with E-state index in [1.165, 1.54) is 89.2 Å². The summed E-state index contributed by atoms with van der Waals surface area (Å²) in [4.78, 5) is 23.6. The van der Waals surface area contributed by atoms with Gasteiger partial charge in [-0.1, -0.05) is 103 Å². The maximum absolute atomic E-state index is 12.2. The molecule has 0 radical (unpaired) electrons. The fraction of sp³-hybridized carbons (Fsp3) is 0.724. The molecule has 0 fully saturated rings. The Balaban J connectivity index is 1.91. The number of alkyl halides is 3. The van der Waals surface area contributed by atoms with Gasteiger partial charge in [0.1, 0.15) is 12.4 Å². The van der Waals surface area contributed by atoms with Gasteiger partial charge in [-0.2, -0.15) is 0 Å². The van der Waals surface area contributed by atoms with E-state index in [1.807, 2.05) is 0 Å². The number of hydrogen-bond acceptors (Lipinski definition) is 5. The van der Waals surface area contributed by atoms with Crippen LogP contribution in [0.5, 0.6) is 5.75 Å². The quantitative estimate of drug-likeness (QED) is 0.111. The fourth-order valence-electron chi connectivity index (χ4n) is 3.96. The summed E-state index contributed by atoms with van der Waals surface area (Å²) in [5.74, 6) is -1.13. The molecule has 37 heavy (non-hydrogen) atoms. The van der Waals surface area contributed by atoms with Crippen LogP contribution in [0, 0.1) is 0 Å². The molecule has 0 spiro atoms. The third-order valence-corrected chi connectivity index (χ3v) is 6.08. The zero-order chi connectivity index (χ0) is 27.2. The summed E-state index contributed by atoms with van der Waals surface area (Å²) in [7, 11) is 0. The zero-order valence-electron chi connectivity index (χ0n) is 22.4. The molecule has 0 unspecified atom stereocenters. The second-order valence-electron chi connectivity index (χ2n) is 9.52. The van der Waals surface area contributed by atoms with Gasteiger partial charge in [-0.15, -0.1) is 13.2 Å². The van der Waals surface area contributed by atoms with Crippen molar-refractivity contribution in [3.05, 3.63) is 29.8 Å². The third kappa shape index (κ3) is 20.5. The van der Waals surface area contributed by atoms with Crippen LogP contribution in [-0.4, -0.2) is 24.9 Å². The van der Waals surface area contributed by atoms with Crippen molar-refractivity contribution in [2.45, 2.75) is 129 Å². The smallest absolute Gasteiger partial charge is 0.466 e. The lowest BCUT2D eigenvalue weighted by Crippen LogP contribution is -2.17. The number of halogens is 3. The van der Waals surface area contributed by atoms with E-state index in [9.17, 15) is 22.8 Å². The summed E-state index contributed by atoms with van der Waals surface area (Å²) in [5, 5.41) is 0. The van der Waals surface area contributed by atoms with Gasteiger partial charge in [0.15, 0.2) is 0 Å². The van der Waals surface area contributed by atoms with Gasteiger partial charge in [0.25, 0.3) is 0 Å². The lowest BCUT2D eigenvalue weighted by Gasteiger charge is -2.09. The van der Waals surface area contributed by atoms with E-state index >= 15 is 0 Å². The van der Waals surface area contributed by atoms with Crippen LogP contribution in [0.3, 0.4) is 0 Å². The van der Waals surface area contributed by atoms with Crippen molar-refractivity contribution >= 4 is 11.9 Å². The zero-order valence-corrected chi connectivity index (χ0v) is 22.4. The predicted octanol–water partition coefficient (Wildman–Crippen LogP) is 8.82. The first-order valence-corrected chi connectivity index (χ1v) is 14.0. The van der Waals surface area contributed by atoms with Crippen LogP contribution >= 0.6 is 0 Å². The number of carbonyl (C=O) groups excluding carboxylic acids is 2. The van der Waals surface area contributed by atoms with Gasteiger partial charge < -0.3 is 14.2 Å². The van der Waals surface area contributed by atoms with E-state index < -0.39 is 12.3 Å². The Morgan fingerprint density at radius 3 is 1.59 bits per heavy atom. The van der Waals surface area contributed by atoms with Gasteiger partial charge in [0.05, 0.1) is 6.61 Å². The maximum Gasteiger partial charge on any atom is 0.573 e. The van der Waals surface area contributed by atoms with Crippen LogP contribution in [0.4, 0.5) is 13.2 Å². The van der Waals surface area contributed by atoms with Gasteiger partial charge in [-0.3, -0.25) is 9.59 Å². The van der Waals surface area contributed by atoms with Crippen molar-refractivity contribution < 1.29 is 37.0 Å². The molecule has 5 nitrogen and oxygen atoms in total. The summed E-state index contributed by atoms with van der Waals surface area (Å²) in [6.07, 6.45) is 13.6. The SMILES string of the molecule is CCCCCCCCCCCCCCCCOC(=O)CCCC(=O)OCc1ccc(OC(F)(F)F)cc1. The van der Waals surface area contributed by atoms with Crippen LogP contribution < -0.4 is 4.74 Å². The monoisotopic (exact) mass is 530 g/mol. The van der Waals surface area contributed by atoms with E-state index in [4.69, 9.17) is 9.47 Å². The highest BCUT2D eigenvalue weighted by Crippen LogP contribution is 2.23. The highest BCUT2D eigenvalue weighted by molar-refractivity contribution is 5.72. The van der Waals surface area contributed by atoms with Gasteiger partial charge >= 0.3 is 18.3 Å². The average Bonchev–Trinajstić information content (AvgIpc) is 2.85. The first-order chi connectivity index (χ1) is 17.8. The second kappa shape index (κ2) is 20.8. The lowest BCUT2D eigenvalue weighted by molar-refractivity contribution is -0.274. The van der Waals surface area contributed by atoms with E-state index in [1.54, 1.807) is 0 Å². The molecule has 0 aliphatic rings. The van der Waals surface area contributed by atoms with Crippen LogP contribution in [0.15, 0.2) is 24.3 Å². The Kier molecular flexibility index (Phi) is 18.4. The minimum Gasteiger partial charge on any atom is -0.466 e. The molecule has 0 aromatic heterocycles. The number of rotatable bonds is 22. The highest BCUT2D eigenvalue weighted by Gasteiger charge is 2.30. The summed E-state index contributed by atoms with van der Waals surface area (Å²) in [5.41, 5.74) is 0.537. The van der Waals surface area contributed by atoms with Crippen LogP contribution in [0.25, 0.3) is 0 Å². The molecule has 0 N–H and O–H groups in total. The van der Waals surface area contributed by atoms with E-state index in [0.717, 1.165) is 25.0 Å². The standard InChI is InChI=1S/C29H45F3O5/c1-2-3-4-5-6-7-8-9-10-11-12-13-14-15-23-35-27(33)17-16-18-28(34)36-24-25-19-21-26(22-20-25)37-29(30,31)32/h19-22H,2-18,23-24H2,1H3. The second-order valence-corrected chi connectivity index (χ2v) is 9.52. The Morgan fingerprint density at radius 2 is 1.11 bits per heavy atom. The highest BCUT2D eigenvalue weighted by atomic mass is 19.4. The van der Waals surface area contributed by atoms with E-state index in [0.29, 0.717) is 18.6 Å². The molecule has 1 aromatic carbocycles. The molecular weight excluding hydrogens is 485 g/mol. The van der Waals surface area contributed by atoms with Gasteiger partial charge in [-0.25, -0.2) is 0 Å². The number of esters is 2. The normalized spacial score (nSPS) is 11.4. The first kappa shape index (κ1) is 32.8. The van der Waals surface area contributed by atoms with Crippen molar-refractivity contribution in [1.82, 2.24) is 0 Å². The summed E-state index contributed by atoms with van der Waals surface area (Å²) in [6, 6.07) is 5.10. The predicted molar refractivity (Wildman–Crippen MR) is 138 cm³/mol. The van der Waals surface area contributed by atoms with Crippen molar-refractivity contribution in [2.24, 2.45) is 0 Å². The van der Waals surface area contributed by atoms with Crippen molar-refractivity contribution in [2.75, 3.05) is 6.61 Å². The molecule has 1 rings (SSSR count). The van der Waals surface area contributed by atoms with E-state index in [-0.39, 0.29) is 31.2 Å². The topological polar surface area (TPSA) is 61.8 Å².